The van der Waals surface area contributed by atoms with Crippen LogP contribution in [0.4, 0.5) is 11.5 Å². The number of hydrogen-bond donors (Lipinski definition) is 1. The maximum absolute atomic E-state index is 13.7. The van der Waals surface area contributed by atoms with Gasteiger partial charge in [-0.05, 0) is 23.3 Å². The van der Waals surface area contributed by atoms with Gasteiger partial charge in [-0.1, -0.05) is 54.1 Å². The topological polar surface area (TPSA) is 67.2 Å². The molecule has 7 heteroatoms. The summed E-state index contributed by atoms with van der Waals surface area (Å²) in [7, 11) is 0. The van der Waals surface area contributed by atoms with Gasteiger partial charge in [0.2, 0.25) is 11.8 Å². The fourth-order valence-electron chi connectivity index (χ4n) is 4.52. The fourth-order valence-corrected chi connectivity index (χ4v) is 4.71. The van der Waals surface area contributed by atoms with Gasteiger partial charge in [0.25, 0.3) is 0 Å². The molecule has 30 heavy (non-hydrogen) atoms. The van der Waals surface area contributed by atoms with Crippen LogP contribution in [0.3, 0.4) is 0 Å². The van der Waals surface area contributed by atoms with Crippen LogP contribution in [-0.4, -0.2) is 28.1 Å². The molecule has 0 saturated carbocycles. The molecular formula is C23H19ClN4O2. The third-order valence-electron chi connectivity index (χ3n) is 5.84. The Labute approximate surface area is 178 Å². The average molecular weight is 419 g/mol. The largest absolute Gasteiger partial charge is 0.311 e. The summed E-state index contributed by atoms with van der Waals surface area (Å²) in [5.41, 5.74) is 2.13. The maximum atomic E-state index is 13.7. The van der Waals surface area contributed by atoms with Crippen LogP contribution in [0.2, 0.25) is 5.02 Å². The van der Waals surface area contributed by atoms with Gasteiger partial charge in [0, 0.05) is 29.2 Å². The number of anilines is 2. The molecule has 6 nitrogen and oxygen atoms in total. The second-order valence-corrected chi connectivity index (χ2v) is 7.91. The summed E-state index contributed by atoms with van der Waals surface area (Å²) < 4.78 is 1.70. The van der Waals surface area contributed by atoms with Crippen molar-refractivity contribution in [3.05, 3.63) is 89.1 Å². The molecule has 0 radical (unpaired) electrons. The van der Waals surface area contributed by atoms with Crippen LogP contribution in [0.15, 0.2) is 67.4 Å². The number of hydrogen-bond acceptors (Lipinski definition) is 3. The highest BCUT2D eigenvalue weighted by atomic mass is 35.5. The first-order valence-electron chi connectivity index (χ1n) is 9.68. The molecule has 150 valence electrons. The minimum absolute atomic E-state index is 0.0429. The molecule has 0 saturated heterocycles. The number of halogens is 1. The van der Waals surface area contributed by atoms with Gasteiger partial charge >= 0.3 is 0 Å². The molecule has 3 heterocycles. The number of aromatic nitrogens is 2. The maximum Gasteiger partial charge on any atom is 0.243 e. The van der Waals surface area contributed by atoms with Crippen molar-refractivity contribution < 1.29 is 9.59 Å². The Hall–Kier alpha value is -3.38. The van der Waals surface area contributed by atoms with E-state index in [2.05, 4.69) is 17.0 Å². The van der Waals surface area contributed by atoms with Crippen LogP contribution >= 0.6 is 11.6 Å². The lowest BCUT2D eigenvalue weighted by Crippen LogP contribution is -2.46. The van der Waals surface area contributed by atoms with Crippen molar-refractivity contribution >= 4 is 34.9 Å². The number of nitrogens with one attached hydrogen (secondary N) is 1. The number of para-hydroxylation sites is 1. The molecule has 0 aliphatic carbocycles. The van der Waals surface area contributed by atoms with Gasteiger partial charge in [-0.2, -0.15) is 5.10 Å². The minimum atomic E-state index is -1.09. The van der Waals surface area contributed by atoms with Gasteiger partial charge in [0.15, 0.2) is 0 Å². The monoisotopic (exact) mass is 418 g/mol. The lowest BCUT2D eigenvalue weighted by Gasteiger charge is -2.32. The van der Waals surface area contributed by atoms with E-state index in [9.17, 15) is 9.59 Å². The van der Waals surface area contributed by atoms with E-state index in [1.165, 1.54) is 0 Å². The van der Waals surface area contributed by atoms with Crippen LogP contribution in [0.25, 0.3) is 0 Å². The Bertz CT molecular complexity index is 1200. The van der Waals surface area contributed by atoms with Crippen molar-refractivity contribution in [1.82, 2.24) is 9.78 Å². The SMILES string of the molecule is C=CCN1C(=O)[C@]2(CC(=O)Nc3c2cnn3Cc2ccccc2Cl)c2ccccc21. The van der Waals surface area contributed by atoms with Gasteiger partial charge in [0.05, 0.1) is 12.7 Å². The quantitative estimate of drug-likeness (QED) is 0.656. The van der Waals surface area contributed by atoms with Crippen LogP contribution < -0.4 is 10.2 Å². The molecule has 2 amide bonds. The summed E-state index contributed by atoms with van der Waals surface area (Å²) in [6.45, 7) is 4.55. The predicted molar refractivity (Wildman–Crippen MR) is 116 cm³/mol. The van der Waals surface area contributed by atoms with E-state index in [1.54, 1.807) is 21.9 Å². The highest BCUT2D eigenvalue weighted by Gasteiger charge is 2.56. The van der Waals surface area contributed by atoms with Crippen molar-refractivity contribution in [2.45, 2.75) is 18.4 Å². The van der Waals surface area contributed by atoms with E-state index in [0.717, 1.165) is 16.8 Å². The van der Waals surface area contributed by atoms with E-state index < -0.39 is 5.41 Å². The number of carbonyl (C=O) groups excluding carboxylic acids is 2. The average Bonchev–Trinajstić information content (AvgIpc) is 3.24. The Kier molecular flexibility index (Phi) is 4.25. The first-order chi connectivity index (χ1) is 14.6. The third-order valence-corrected chi connectivity index (χ3v) is 6.21. The van der Waals surface area contributed by atoms with Crippen molar-refractivity contribution in [1.29, 1.82) is 0 Å². The zero-order valence-corrected chi connectivity index (χ0v) is 16.9. The standard InChI is InChI=1S/C23H19ClN4O2/c1-2-11-27-19-10-6-4-8-16(19)23(22(27)30)12-20(29)26-21-17(23)13-25-28(21)14-15-7-3-5-9-18(15)24/h2-10,13H,1,11-12,14H2,(H,26,29)/t23-/m1/s1. The van der Waals surface area contributed by atoms with E-state index in [-0.39, 0.29) is 18.2 Å². The van der Waals surface area contributed by atoms with E-state index in [4.69, 9.17) is 11.6 Å². The zero-order valence-electron chi connectivity index (χ0n) is 16.1. The van der Waals surface area contributed by atoms with Crippen molar-refractivity contribution in [2.24, 2.45) is 0 Å². The summed E-state index contributed by atoms with van der Waals surface area (Å²) in [4.78, 5) is 28.2. The Morgan fingerprint density at radius 2 is 1.90 bits per heavy atom. The van der Waals surface area contributed by atoms with Crippen molar-refractivity contribution in [3.63, 3.8) is 0 Å². The van der Waals surface area contributed by atoms with Crippen LogP contribution in [0, 0.1) is 0 Å². The number of fused-ring (bicyclic) bond motifs is 4. The summed E-state index contributed by atoms with van der Waals surface area (Å²) in [5, 5.41) is 8.07. The number of benzene rings is 2. The van der Waals surface area contributed by atoms with Gasteiger partial charge in [0.1, 0.15) is 11.2 Å². The van der Waals surface area contributed by atoms with E-state index in [1.807, 2.05) is 48.5 Å². The van der Waals surface area contributed by atoms with E-state index >= 15 is 0 Å². The second kappa shape index (κ2) is 6.85. The minimum Gasteiger partial charge on any atom is -0.311 e. The number of nitrogens with zero attached hydrogens (tertiary/aromatic N) is 3. The molecule has 1 aromatic heterocycles. The molecule has 3 aromatic rings. The fraction of sp³-hybridized carbons (Fsp3) is 0.174. The smallest absolute Gasteiger partial charge is 0.243 e. The van der Waals surface area contributed by atoms with E-state index in [0.29, 0.717) is 29.5 Å². The lowest BCUT2D eigenvalue weighted by atomic mass is 9.72. The van der Waals surface area contributed by atoms with Gasteiger partial charge in [-0.3, -0.25) is 9.59 Å². The molecule has 2 aliphatic heterocycles. The molecular weight excluding hydrogens is 400 g/mol. The zero-order chi connectivity index (χ0) is 20.9. The summed E-state index contributed by atoms with van der Waals surface area (Å²) >= 11 is 6.32. The predicted octanol–water partition coefficient (Wildman–Crippen LogP) is 3.75. The molecule has 5 rings (SSSR count). The second-order valence-electron chi connectivity index (χ2n) is 7.51. The molecule has 1 N–H and O–H groups in total. The van der Waals surface area contributed by atoms with Crippen LogP contribution in [0.1, 0.15) is 23.1 Å². The first kappa shape index (κ1) is 18.6. The Balaban J connectivity index is 1.68. The molecule has 2 aromatic carbocycles. The lowest BCUT2D eigenvalue weighted by molar-refractivity contribution is -0.126. The normalized spacial score (nSPS) is 19.6. The Morgan fingerprint density at radius 1 is 1.13 bits per heavy atom. The summed E-state index contributed by atoms with van der Waals surface area (Å²) in [5.74, 6) is 0.193. The van der Waals surface area contributed by atoms with Gasteiger partial charge in [-0.25, -0.2) is 4.68 Å². The first-order valence-corrected chi connectivity index (χ1v) is 10.1. The molecule has 1 spiro atoms. The summed E-state index contributed by atoms with van der Waals surface area (Å²) in [6, 6.07) is 15.1. The van der Waals surface area contributed by atoms with Gasteiger partial charge in [-0.15, -0.1) is 6.58 Å². The molecule has 0 unspecified atom stereocenters. The molecule has 0 bridgehead atoms. The molecule has 2 aliphatic rings. The third kappa shape index (κ3) is 2.53. The number of amides is 2. The van der Waals surface area contributed by atoms with Crippen molar-refractivity contribution in [3.8, 4) is 0 Å². The number of rotatable bonds is 4. The summed E-state index contributed by atoms with van der Waals surface area (Å²) in [6.07, 6.45) is 3.43. The van der Waals surface area contributed by atoms with Crippen molar-refractivity contribution in [2.75, 3.05) is 16.8 Å². The molecule has 1 atom stereocenters. The van der Waals surface area contributed by atoms with Gasteiger partial charge < -0.3 is 10.2 Å². The highest BCUT2D eigenvalue weighted by Crippen LogP contribution is 2.52. The van der Waals surface area contributed by atoms with Crippen LogP contribution in [-0.2, 0) is 21.5 Å². The van der Waals surface area contributed by atoms with Crippen LogP contribution in [0.5, 0.6) is 0 Å². The Morgan fingerprint density at radius 3 is 2.70 bits per heavy atom. The molecule has 0 fully saturated rings. The number of carbonyl (C=O) groups is 2. The highest BCUT2D eigenvalue weighted by molar-refractivity contribution is 6.31.